The van der Waals surface area contributed by atoms with Crippen molar-refractivity contribution in [3.63, 3.8) is 0 Å². The lowest BCUT2D eigenvalue weighted by molar-refractivity contribution is 0.0824. The van der Waals surface area contributed by atoms with E-state index in [2.05, 4.69) is 67.3 Å². The molecular formula is C24H19BrN4O2S. The van der Waals surface area contributed by atoms with Gasteiger partial charge < -0.3 is 4.42 Å². The number of aromatic nitrogens is 3. The van der Waals surface area contributed by atoms with Gasteiger partial charge in [-0.15, -0.1) is 5.10 Å². The van der Waals surface area contributed by atoms with Crippen molar-refractivity contribution in [2.45, 2.75) is 29.4 Å². The Morgan fingerprint density at radius 1 is 1.09 bits per heavy atom. The van der Waals surface area contributed by atoms with Crippen molar-refractivity contribution in [1.29, 1.82) is 0 Å². The number of thioether (sulfide) groups is 1. The monoisotopic (exact) mass is 506 g/mol. The standard InChI is InChI=1S/C24H19BrN4O2S/c25-18-8-3-7-16(13-18)20(28-11-10-15-5-1-2-6-17(15)14-28)21-23(30)29-24(32-21)26-22(27-29)19-9-4-12-31-19/h1-9,12-13,20-21H,10-11,14H2/t20-,21?/m1/s1. The summed E-state index contributed by atoms with van der Waals surface area (Å²) >= 11 is 5.09. The molecule has 0 saturated heterocycles. The normalized spacial score (nSPS) is 19.0. The number of carbonyl (C=O) groups is 1. The van der Waals surface area contributed by atoms with E-state index < -0.39 is 0 Å². The summed E-state index contributed by atoms with van der Waals surface area (Å²) in [5.41, 5.74) is 3.83. The zero-order valence-electron chi connectivity index (χ0n) is 17.0. The highest BCUT2D eigenvalue weighted by atomic mass is 79.9. The van der Waals surface area contributed by atoms with Crippen LogP contribution in [0.5, 0.6) is 0 Å². The van der Waals surface area contributed by atoms with E-state index in [0.29, 0.717) is 16.7 Å². The molecule has 1 unspecified atom stereocenters. The van der Waals surface area contributed by atoms with Crippen molar-refractivity contribution in [2.24, 2.45) is 0 Å². The van der Waals surface area contributed by atoms with Crippen molar-refractivity contribution in [3.05, 3.63) is 88.1 Å². The molecule has 0 aliphatic carbocycles. The number of hydrogen-bond acceptors (Lipinski definition) is 6. The molecule has 0 radical (unpaired) electrons. The van der Waals surface area contributed by atoms with Crippen LogP contribution in [0.15, 0.2) is 81.0 Å². The molecule has 2 atom stereocenters. The molecule has 160 valence electrons. The summed E-state index contributed by atoms with van der Waals surface area (Å²) in [6.07, 6.45) is 2.55. The molecule has 2 aromatic carbocycles. The number of nitrogens with zero attached hydrogens (tertiary/aromatic N) is 4. The average Bonchev–Trinajstić information content (AvgIpc) is 3.53. The molecule has 2 aromatic heterocycles. The van der Waals surface area contributed by atoms with Gasteiger partial charge in [-0.2, -0.15) is 9.67 Å². The smallest absolute Gasteiger partial charge is 0.264 e. The van der Waals surface area contributed by atoms with E-state index in [-0.39, 0.29) is 17.2 Å². The second kappa shape index (κ2) is 8.03. The van der Waals surface area contributed by atoms with Gasteiger partial charge in [-0.1, -0.05) is 64.1 Å². The summed E-state index contributed by atoms with van der Waals surface area (Å²) in [5, 5.41) is 4.74. The Balaban J connectivity index is 1.36. The minimum atomic E-state index is -0.324. The summed E-state index contributed by atoms with van der Waals surface area (Å²) in [5.74, 6) is 0.961. The molecule has 0 fully saturated rings. The molecule has 0 N–H and O–H groups in total. The SMILES string of the molecule is O=C1C([C@@H](c2cccc(Br)c2)N2CCc3ccccc3C2)Sc2nc(-c3ccco3)nn21. The Labute approximate surface area is 197 Å². The second-order valence-electron chi connectivity index (χ2n) is 7.97. The van der Waals surface area contributed by atoms with E-state index >= 15 is 0 Å². The third-order valence-electron chi connectivity index (χ3n) is 6.03. The van der Waals surface area contributed by atoms with Crippen molar-refractivity contribution in [1.82, 2.24) is 19.7 Å². The molecule has 2 aliphatic heterocycles. The zero-order chi connectivity index (χ0) is 21.7. The van der Waals surface area contributed by atoms with Crippen LogP contribution < -0.4 is 0 Å². The third kappa shape index (κ3) is 3.43. The van der Waals surface area contributed by atoms with Crippen LogP contribution in [0.2, 0.25) is 0 Å². The number of hydrogen-bond donors (Lipinski definition) is 0. The van der Waals surface area contributed by atoms with E-state index in [1.165, 1.54) is 27.6 Å². The molecule has 8 heteroatoms. The lowest BCUT2D eigenvalue weighted by Crippen LogP contribution is -2.41. The number of halogens is 1. The topological polar surface area (TPSA) is 64.2 Å². The van der Waals surface area contributed by atoms with Crippen molar-refractivity contribution in [2.75, 3.05) is 6.54 Å². The number of fused-ring (bicyclic) bond motifs is 2. The second-order valence-corrected chi connectivity index (χ2v) is 10.00. The fourth-order valence-electron chi connectivity index (χ4n) is 4.53. The van der Waals surface area contributed by atoms with Gasteiger partial charge >= 0.3 is 0 Å². The average molecular weight is 507 g/mol. The van der Waals surface area contributed by atoms with Crippen LogP contribution in [-0.2, 0) is 13.0 Å². The quantitative estimate of drug-likeness (QED) is 0.378. The summed E-state index contributed by atoms with van der Waals surface area (Å²) < 4.78 is 7.85. The molecule has 6 rings (SSSR count). The van der Waals surface area contributed by atoms with Crippen LogP contribution in [0.3, 0.4) is 0 Å². The van der Waals surface area contributed by atoms with Gasteiger partial charge in [0.15, 0.2) is 10.9 Å². The predicted octanol–water partition coefficient (Wildman–Crippen LogP) is 5.21. The lowest BCUT2D eigenvalue weighted by Gasteiger charge is -2.37. The fourth-order valence-corrected chi connectivity index (χ4v) is 6.21. The van der Waals surface area contributed by atoms with E-state index in [1.54, 1.807) is 18.4 Å². The minimum absolute atomic E-state index is 0.0425. The number of carbonyl (C=O) groups excluding carboxylic acids is 1. The lowest BCUT2D eigenvalue weighted by atomic mass is 9.94. The van der Waals surface area contributed by atoms with Crippen LogP contribution >= 0.6 is 27.7 Å². The number of rotatable bonds is 4. The highest BCUT2D eigenvalue weighted by molar-refractivity contribution is 9.10. The maximum Gasteiger partial charge on any atom is 0.264 e. The Hall–Kier alpha value is -2.68. The summed E-state index contributed by atoms with van der Waals surface area (Å²) in [4.78, 5) is 20.5. The molecule has 6 nitrogen and oxygen atoms in total. The molecule has 4 aromatic rings. The van der Waals surface area contributed by atoms with Gasteiger partial charge in [0.25, 0.3) is 5.91 Å². The van der Waals surface area contributed by atoms with Gasteiger partial charge in [0.1, 0.15) is 5.25 Å². The van der Waals surface area contributed by atoms with E-state index in [9.17, 15) is 4.79 Å². The largest absolute Gasteiger partial charge is 0.461 e. The summed E-state index contributed by atoms with van der Waals surface area (Å²) in [7, 11) is 0. The highest BCUT2D eigenvalue weighted by Crippen LogP contribution is 2.43. The molecule has 2 aliphatic rings. The first kappa shape index (κ1) is 20.0. The molecular weight excluding hydrogens is 488 g/mol. The minimum Gasteiger partial charge on any atom is -0.461 e. The van der Waals surface area contributed by atoms with Gasteiger partial charge in [-0.3, -0.25) is 9.69 Å². The first-order valence-electron chi connectivity index (χ1n) is 10.5. The van der Waals surface area contributed by atoms with Crippen LogP contribution in [-0.4, -0.2) is 37.4 Å². The zero-order valence-corrected chi connectivity index (χ0v) is 19.4. The Morgan fingerprint density at radius 3 is 2.75 bits per heavy atom. The summed E-state index contributed by atoms with van der Waals surface area (Å²) in [6, 6.07) is 20.3. The fraction of sp³-hybridized carbons (Fsp3) is 0.208. The molecule has 0 amide bonds. The van der Waals surface area contributed by atoms with Crippen LogP contribution in [0.25, 0.3) is 11.6 Å². The van der Waals surface area contributed by atoms with Gasteiger partial charge in [0.05, 0.1) is 12.3 Å². The number of furan rings is 1. The Bertz CT molecular complexity index is 1300. The van der Waals surface area contributed by atoms with Crippen LogP contribution in [0.4, 0.5) is 0 Å². The van der Waals surface area contributed by atoms with Crippen molar-refractivity contribution in [3.8, 4) is 11.6 Å². The van der Waals surface area contributed by atoms with Gasteiger partial charge in [-0.25, -0.2) is 0 Å². The van der Waals surface area contributed by atoms with Gasteiger partial charge in [0, 0.05) is 17.6 Å². The van der Waals surface area contributed by atoms with Gasteiger partial charge in [0.2, 0.25) is 5.82 Å². The van der Waals surface area contributed by atoms with Crippen LogP contribution in [0, 0.1) is 0 Å². The van der Waals surface area contributed by atoms with E-state index in [1.807, 2.05) is 12.1 Å². The first-order valence-corrected chi connectivity index (χ1v) is 12.1. The predicted molar refractivity (Wildman–Crippen MR) is 125 cm³/mol. The molecule has 4 heterocycles. The van der Waals surface area contributed by atoms with Gasteiger partial charge in [-0.05, 0) is 47.4 Å². The van der Waals surface area contributed by atoms with Crippen LogP contribution in [0.1, 0.15) is 27.5 Å². The maximum absolute atomic E-state index is 13.5. The molecule has 32 heavy (non-hydrogen) atoms. The number of benzene rings is 2. The van der Waals surface area contributed by atoms with Crippen molar-refractivity contribution >= 4 is 33.6 Å². The highest BCUT2D eigenvalue weighted by Gasteiger charge is 2.43. The van der Waals surface area contributed by atoms with E-state index in [0.717, 1.165) is 29.5 Å². The first-order chi connectivity index (χ1) is 15.7. The molecule has 0 saturated carbocycles. The maximum atomic E-state index is 13.5. The molecule has 0 spiro atoms. The van der Waals surface area contributed by atoms with Crippen molar-refractivity contribution < 1.29 is 9.21 Å². The molecule has 0 bridgehead atoms. The van der Waals surface area contributed by atoms with E-state index in [4.69, 9.17) is 4.42 Å². The Morgan fingerprint density at radius 2 is 1.97 bits per heavy atom. The Kier molecular flexibility index (Phi) is 5.01. The summed E-state index contributed by atoms with van der Waals surface area (Å²) in [6.45, 7) is 1.71. The third-order valence-corrected chi connectivity index (χ3v) is 7.72.